The van der Waals surface area contributed by atoms with Crippen molar-refractivity contribution < 1.29 is 8.42 Å². The molecule has 1 aliphatic rings. The molecule has 0 amide bonds. The number of rotatable bonds is 8. The Morgan fingerprint density at radius 1 is 1.24 bits per heavy atom. The van der Waals surface area contributed by atoms with Crippen LogP contribution in [0.25, 0.3) is 0 Å². The van der Waals surface area contributed by atoms with Crippen molar-refractivity contribution in [3.05, 3.63) is 29.8 Å². The Hall–Kier alpha value is -1.60. The number of hydrogen-bond donors (Lipinski definition) is 3. The molecule has 0 radical (unpaired) electrons. The maximum absolute atomic E-state index is 11.9. The lowest BCUT2D eigenvalue weighted by molar-refractivity contribution is 0.481. The van der Waals surface area contributed by atoms with E-state index in [0.717, 1.165) is 30.4 Å². The minimum absolute atomic E-state index is 0.272. The maximum Gasteiger partial charge on any atom is 0.240 e. The van der Waals surface area contributed by atoms with E-state index in [2.05, 4.69) is 20.3 Å². The summed E-state index contributed by atoms with van der Waals surface area (Å²) in [7, 11) is -0.256. The fourth-order valence-electron chi connectivity index (χ4n) is 3.24. The minimum Gasteiger partial charge on any atom is -0.356 e. The second-order valence-corrected chi connectivity index (χ2v) is 8.39. The molecule has 0 aromatic heterocycles. The van der Waals surface area contributed by atoms with Gasteiger partial charge in [-0.25, -0.2) is 13.1 Å². The summed E-state index contributed by atoms with van der Waals surface area (Å²) in [6, 6.07) is 6.91. The summed E-state index contributed by atoms with van der Waals surface area (Å²) in [6.07, 6.45) is 8.00. The van der Waals surface area contributed by atoms with Crippen molar-refractivity contribution in [1.82, 2.24) is 15.4 Å². The monoisotopic (exact) mass is 366 g/mol. The second-order valence-electron chi connectivity index (χ2n) is 6.50. The van der Waals surface area contributed by atoms with Gasteiger partial charge < -0.3 is 10.6 Å². The molecule has 1 aromatic carbocycles. The summed E-state index contributed by atoms with van der Waals surface area (Å²) in [4.78, 5) is 4.50. The van der Waals surface area contributed by atoms with Crippen molar-refractivity contribution in [3.8, 4) is 0 Å². The van der Waals surface area contributed by atoms with Crippen LogP contribution in [0.2, 0.25) is 0 Å². The average Bonchev–Trinajstić information content (AvgIpc) is 3.15. The van der Waals surface area contributed by atoms with Gasteiger partial charge in [0.2, 0.25) is 10.0 Å². The molecule has 3 N–H and O–H groups in total. The van der Waals surface area contributed by atoms with Crippen LogP contribution in [0.15, 0.2) is 34.2 Å². The van der Waals surface area contributed by atoms with Crippen LogP contribution >= 0.6 is 0 Å². The van der Waals surface area contributed by atoms with Gasteiger partial charge >= 0.3 is 0 Å². The van der Waals surface area contributed by atoms with Gasteiger partial charge in [-0.2, -0.15) is 0 Å². The number of nitrogens with one attached hydrogen (secondary N) is 3. The van der Waals surface area contributed by atoms with Crippen LogP contribution in [0.4, 0.5) is 0 Å². The highest BCUT2D eigenvalue weighted by Crippen LogP contribution is 2.28. The van der Waals surface area contributed by atoms with Gasteiger partial charge in [0.1, 0.15) is 0 Å². The normalized spacial score (nSPS) is 16.2. The predicted molar refractivity (Wildman–Crippen MR) is 102 cm³/mol. The largest absolute Gasteiger partial charge is 0.356 e. The maximum atomic E-state index is 11.9. The Labute approximate surface area is 151 Å². The number of sulfonamides is 1. The van der Waals surface area contributed by atoms with E-state index in [0.29, 0.717) is 6.54 Å². The van der Waals surface area contributed by atoms with Gasteiger partial charge in [0.25, 0.3) is 0 Å². The number of benzene rings is 1. The van der Waals surface area contributed by atoms with E-state index < -0.39 is 10.0 Å². The number of guanidine groups is 1. The molecule has 0 heterocycles. The smallest absolute Gasteiger partial charge is 0.240 e. The minimum atomic E-state index is -3.41. The van der Waals surface area contributed by atoms with Gasteiger partial charge in [-0.3, -0.25) is 4.99 Å². The lowest BCUT2D eigenvalue weighted by Crippen LogP contribution is -2.37. The first-order chi connectivity index (χ1) is 12.0. The van der Waals surface area contributed by atoms with Gasteiger partial charge in [0.15, 0.2) is 5.96 Å². The summed E-state index contributed by atoms with van der Waals surface area (Å²) in [5, 5.41) is 6.56. The molecule has 1 fully saturated rings. The summed E-state index contributed by atoms with van der Waals surface area (Å²) in [5.74, 6) is 1.65. The van der Waals surface area contributed by atoms with Crippen LogP contribution in [0.5, 0.6) is 0 Å². The third-order valence-electron chi connectivity index (χ3n) is 4.72. The van der Waals surface area contributed by atoms with Crippen LogP contribution in [0, 0.1) is 5.92 Å². The fourth-order valence-corrected chi connectivity index (χ4v) is 4.04. The molecule has 0 unspecified atom stereocenters. The number of hydrogen-bond acceptors (Lipinski definition) is 3. The molecule has 1 aromatic rings. The topological polar surface area (TPSA) is 82.6 Å². The zero-order valence-corrected chi connectivity index (χ0v) is 16.0. The van der Waals surface area contributed by atoms with Gasteiger partial charge in [-0.1, -0.05) is 37.8 Å². The summed E-state index contributed by atoms with van der Waals surface area (Å²) in [5.41, 5.74) is 0.894. The van der Waals surface area contributed by atoms with Crippen molar-refractivity contribution in [3.63, 3.8) is 0 Å². The number of nitrogens with zero attached hydrogens (tertiary/aromatic N) is 1. The van der Waals surface area contributed by atoms with E-state index in [1.165, 1.54) is 39.2 Å². The molecular formula is C18H30N4O2S. The van der Waals surface area contributed by atoms with Gasteiger partial charge in [-0.05, 0) is 43.5 Å². The average molecular weight is 367 g/mol. The van der Waals surface area contributed by atoms with Crippen LogP contribution in [-0.2, 0) is 16.6 Å². The Balaban J connectivity index is 1.77. The molecule has 6 nitrogen and oxygen atoms in total. The van der Waals surface area contributed by atoms with Crippen molar-refractivity contribution in [1.29, 1.82) is 0 Å². The SMILES string of the molecule is CN=C(NCCCC1CCCC1)NCc1cccc(S(=O)(=O)NC)c1. The Morgan fingerprint density at radius 2 is 2.00 bits per heavy atom. The van der Waals surface area contributed by atoms with Crippen LogP contribution in [-0.4, -0.2) is 35.0 Å². The van der Waals surface area contributed by atoms with Crippen LogP contribution in [0.1, 0.15) is 44.1 Å². The molecule has 0 saturated heterocycles. The Kier molecular flexibility index (Phi) is 7.71. The first kappa shape index (κ1) is 19.7. The number of aliphatic imine (C=N–C) groups is 1. The molecule has 1 saturated carbocycles. The molecule has 25 heavy (non-hydrogen) atoms. The molecule has 7 heteroatoms. The van der Waals surface area contributed by atoms with Crippen LogP contribution in [0.3, 0.4) is 0 Å². The third kappa shape index (κ3) is 6.32. The van der Waals surface area contributed by atoms with Gasteiger partial charge in [-0.15, -0.1) is 0 Å². The molecule has 0 spiro atoms. The van der Waals surface area contributed by atoms with E-state index in [-0.39, 0.29) is 4.90 Å². The van der Waals surface area contributed by atoms with Gasteiger partial charge in [0.05, 0.1) is 4.90 Å². The Morgan fingerprint density at radius 3 is 2.68 bits per heavy atom. The van der Waals surface area contributed by atoms with E-state index >= 15 is 0 Å². The van der Waals surface area contributed by atoms with E-state index in [4.69, 9.17) is 0 Å². The van der Waals surface area contributed by atoms with Crippen molar-refractivity contribution in [2.45, 2.75) is 50.0 Å². The second kappa shape index (κ2) is 9.77. The molecule has 0 aliphatic heterocycles. The standard InChI is InChI=1S/C18H30N4O2S/c1-19-18(21-12-6-10-15-7-3-4-8-15)22-14-16-9-5-11-17(13-16)25(23,24)20-2/h5,9,11,13,15,20H,3-4,6-8,10,12,14H2,1-2H3,(H2,19,21,22). The molecule has 2 rings (SSSR count). The molecule has 0 atom stereocenters. The quantitative estimate of drug-likeness (QED) is 0.374. The summed E-state index contributed by atoms with van der Waals surface area (Å²) < 4.78 is 26.1. The van der Waals surface area contributed by atoms with Crippen molar-refractivity contribution in [2.75, 3.05) is 20.6 Å². The summed E-state index contributed by atoms with van der Waals surface area (Å²) in [6.45, 7) is 1.43. The zero-order chi connectivity index (χ0) is 18.1. The zero-order valence-electron chi connectivity index (χ0n) is 15.2. The highest BCUT2D eigenvalue weighted by molar-refractivity contribution is 7.89. The Bertz CT molecular complexity index is 667. The lowest BCUT2D eigenvalue weighted by atomic mass is 10.0. The fraction of sp³-hybridized carbons (Fsp3) is 0.611. The molecular weight excluding hydrogens is 336 g/mol. The molecule has 140 valence electrons. The lowest BCUT2D eigenvalue weighted by Gasteiger charge is -2.14. The molecule has 0 bridgehead atoms. The predicted octanol–water partition coefficient (Wildman–Crippen LogP) is 2.23. The highest BCUT2D eigenvalue weighted by Gasteiger charge is 2.14. The van der Waals surface area contributed by atoms with Crippen molar-refractivity contribution >= 4 is 16.0 Å². The first-order valence-electron chi connectivity index (χ1n) is 9.02. The van der Waals surface area contributed by atoms with Crippen LogP contribution < -0.4 is 15.4 Å². The first-order valence-corrected chi connectivity index (χ1v) is 10.5. The van der Waals surface area contributed by atoms with Crippen molar-refractivity contribution in [2.24, 2.45) is 10.9 Å². The summed E-state index contributed by atoms with van der Waals surface area (Å²) >= 11 is 0. The van der Waals surface area contributed by atoms with E-state index in [9.17, 15) is 8.42 Å². The highest BCUT2D eigenvalue weighted by atomic mass is 32.2. The molecule has 1 aliphatic carbocycles. The van der Waals surface area contributed by atoms with E-state index in [1.54, 1.807) is 25.2 Å². The van der Waals surface area contributed by atoms with Gasteiger partial charge in [0, 0.05) is 20.1 Å². The third-order valence-corrected chi connectivity index (χ3v) is 6.13. The van der Waals surface area contributed by atoms with E-state index in [1.807, 2.05) is 6.07 Å².